The number of rotatable bonds is 44. The number of thioether (sulfide) groups is 4. The van der Waals surface area contributed by atoms with Crippen LogP contribution < -0.4 is 194 Å². The van der Waals surface area contributed by atoms with Crippen molar-refractivity contribution in [2.24, 2.45) is 11.5 Å². The molecule has 1 saturated heterocycles. The van der Waals surface area contributed by atoms with Crippen LogP contribution >= 0.6 is 47.0 Å². The molecule has 6 rings (SSSR count). The number of nitrogens with one attached hydrogen (secondary N) is 4. The Morgan fingerprint density at radius 2 is 0.831 bits per heavy atom. The molecule has 51 heteroatoms. The zero-order chi connectivity index (χ0) is 90.2. The molecule has 4 amide bonds. The summed E-state index contributed by atoms with van der Waals surface area (Å²) in [6, 6.07) is 33.2. The minimum Gasteiger partial charge on any atom is -1.00 e. The third kappa shape index (κ3) is 67.3. The maximum Gasteiger partial charge on any atom is 1.00 e. The van der Waals surface area contributed by atoms with Crippen LogP contribution in [-0.2, 0) is 52.4 Å². The Hall–Kier alpha value is -6.00. The number of thiocyanates is 4. The maximum atomic E-state index is 12.0. The van der Waals surface area contributed by atoms with Crippen LogP contribution in [0, 0.1) is 49.6 Å². The molecule has 1 fully saturated rings. The van der Waals surface area contributed by atoms with E-state index >= 15 is 0 Å². The van der Waals surface area contributed by atoms with Crippen LogP contribution in [0.1, 0.15) is 55.3 Å². The van der Waals surface area contributed by atoms with Crippen LogP contribution in [0.4, 0.5) is 26.3 Å². The number of alkyl halides is 6. The van der Waals surface area contributed by atoms with E-state index in [4.69, 9.17) is 130 Å². The molecular formula is C73H95F6K2N10NaO28S4. The average Bonchev–Trinajstić information content (AvgIpc) is 1.27. The molecule has 0 aliphatic carbocycles. The van der Waals surface area contributed by atoms with Crippen molar-refractivity contribution in [3.8, 4) is 50.4 Å². The van der Waals surface area contributed by atoms with Crippen molar-refractivity contribution in [1.29, 1.82) is 21.0 Å². The largest absolute Gasteiger partial charge is 1.00 e. The fourth-order valence-electron chi connectivity index (χ4n) is 7.69. The molecule has 4 atom stereocenters. The van der Waals surface area contributed by atoms with E-state index in [0.29, 0.717) is 73.6 Å². The predicted octanol–water partition coefficient (Wildman–Crippen LogP) is -5.21. The van der Waals surface area contributed by atoms with E-state index in [2.05, 4.69) is 15.5 Å². The summed E-state index contributed by atoms with van der Waals surface area (Å²) in [6.45, 7) is 5.89. The van der Waals surface area contributed by atoms with Gasteiger partial charge in [-0.3, -0.25) is 24.0 Å². The van der Waals surface area contributed by atoms with Crippen LogP contribution in [0.3, 0.4) is 0 Å². The van der Waals surface area contributed by atoms with Gasteiger partial charge in [0.2, 0.25) is 0 Å². The zero-order valence-corrected chi connectivity index (χ0v) is 79.6. The molecule has 1 heterocycles. The fraction of sp³-hybridized carbons (Fsp3) is 0.438. The number of esters is 1. The second-order valence-electron chi connectivity index (χ2n) is 21.4. The Morgan fingerprint density at radius 3 is 1.15 bits per heavy atom. The van der Waals surface area contributed by atoms with Crippen molar-refractivity contribution in [3.05, 3.63) is 149 Å². The number of aliphatic hydroxyl groups is 5. The van der Waals surface area contributed by atoms with Gasteiger partial charge in [-0.05, 0) is 151 Å². The number of halogens is 6. The molecule has 1 aliphatic heterocycles. The van der Waals surface area contributed by atoms with Gasteiger partial charge >= 0.3 is 168 Å². The number of benzene rings is 5. The minimum atomic E-state index is -4.97. The second-order valence-corrected chi connectivity index (χ2v) is 25.2. The van der Waals surface area contributed by atoms with Crippen LogP contribution in [0.25, 0.3) is 0 Å². The number of nitrogens with two attached hydrogens (primary N) is 2. The van der Waals surface area contributed by atoms with Crippen molar-refractivity contribution in [1.82, 2.24) is 21.3 Å². The van der Waals surface area contributed by atoms with E-state index in [1.807, 2.05) is 52.8 Å². The number of aliphatic hydroxyl groups excluding tert-OH is 5. The number of nitrogens with zero attached hydrogens (tertiary/aromatic N) is 4. The minimum absolute atomic E-state index is 0. The summed E-state index contributed by atoms with van der Waals surface area (Å²) in [6.07, 6.45) is -9.97. The van der Waals surface area contributed by atoms with E-state index < -0.39 is 63.8 Å². The average molecular weight is 1900 g/mol. The van der Waals surface area contributed by atoms with Crippen molar-refractivity contribution >= 4 is 89.1 Å². The molecule has 0 bridgehead atoms. The van der Waals surface area contributed by atoms with Gasteiger partial charge in [0, 0.05) is 57.5 Å². The first-order chi connectivity index (χ1) is 57.6. The van der Waals surface area contributed by atoms with Crippen LogP contribution in [0.5, 0.6) is 28.7 Å². The number of nitriles is 4. The molecule has 124 heavy (non-hydrogen) atoms. The SMILES string of the molecule is CCOC(=O)c1cccc(OCC(OCCO)SC#N)c1.CO.Cc1cccc(OCC2OCCO2)c1.N#CSC(COc1cccc(C(=O)NCCN)c1)OCCO.N#CSC(COc1cccc(C(=O)NCCNC(=O)C(F)(F)F)c1)OCCO.N#CSC(COc1cccc(C(=O)O)c1)OCCO.NCCNC(=O)C(F)(F)F.O=CO[O-].[H-].[K+].[K+].[Na+].[OH-]. The number of hydrogen-bond donors (Lipinski definition) is 12. The summed E-state index contributed by atoms with van der Waals surface area (Å²) < 4.78 is 134. The summed E-state index contributed by atoms with van der Waals surface area (Å²) in [5, 5.41) is 110. The van der Waals surface area contributed by atoms with Gasteiger partial charge in [0.05, 0.1) is 83.8 Å². The van der Waals surface area contributed by atoms with Crippen molar-refractivity contribution in [2.75, 3.05) is 152 Å². The number of carbonyl (C=O) groups excluding carboxylic acids is 6. The number of amides is 4. The second kappa shape index (κ2) is 83.9. The maximum absolute atomic E-state index is 12.0. The topological polar surface area (TPSA) is 609 Å². The van der Waals surface area contributed by atoms with E-state index in [1.165, 1.54) is 35.9 Å². The van der Waals surface area contributed by atoms with Gasteiger partial charge in [0.1, 0.15) is 83.4 Å². The van der Waals surface area contributed by atoms with Crippen molar-refractivity contribution < 1.29 is 297 Å². The third-order valence-corrected chi connectivity index (χ3v) is 15.2. The van der Waals surface area contributed by atoms with Gasteiger partial charge in [-0.2, -0.15) is 47.4 Å². The number of hydrogen-bond acceptors (Lipinski definition) is 37. The van der Waals surface area contributed by atoms with E-state index in [1.54, 1.807) is 84.3 Å². The summed E-state index contributed by atoms with van der Waals surface area (Å²) in [5.74, 6) is -3.72. The summed E-state index contributed by atoms with van der Waals surface area (Å²) in [5.41, 5.74) is 10.4. The number of ether oxygens (including phenoxy) is 12. The number of carbonyl (C=O) groups is 7. The molecule has 674 valence electrons. The third-order valence-electron chi connectivity index (χ3n) is 12.7. The molecule has 4 unspecified atom stereocenters. The smallest absolute Gasteiger partial charge is 1.00 e. The molecule has 5 aromatic rings. The normalized spacial score (nSPS) is 11.5. The Morgan fingerprint density at radius 1 is 0.532 bits per heavy atom. The number of carboxylic acid groups (broad SMARTS) is 1. The summed E-state index contributed by atoms with van der Waals surface area (Å²) >= 11 is 3.52. The summed E-state index contributed by atoms with van der Waals surface area (Å²) in [4.78, 5) is 78.1. The monoisotopic (exact) mass is 1900 g/mol. The standard InChI is InChI=1S/C16H18F3N3O5S.C14H19N3O4S.C14H17NO5S.C12H13NO5S.C11H14O3.C4H7F3N2O.CH2O3.CH4O.2K.Na.H2O.H/c17-16(18,19)15(25)22-5-4-21-14(24)11-2-1-3-12(8-11)27-9-13(28-10-20)26-7-6-23;15-4-5-17-14(19)11-2-1-3-12(8-11)21-9-13(22-10-16)20-7-6-18;1-2-18-14(17)11-4-3-5-12(8-11)20-9-13(21-10-15)19-7-6-16;13-8-19-11(17-5-4-14)7-18-10-3-1-2-9(6-10)12(15)16;1-9-3-2-4-10(7-9)14-8-11-12-5-6-13-11;5-4(6,7)3(10)9-2-1-8;2-1-4-3;1-2;;;;;/h1-3,8,13,23H,4-7,9H2,(H,21,24)(H,22,25);1-3,8,13,18H,4-7,9,15H2,(H,17,19);3-5,8,13,16H,2,6-7,9H2,1H3;1-3,6,11,14H,4-5,7H2,(H,15,16);2-4,7,11H,5-6,8H2,1H3;1-2,8H2,(H,9,10);1,3H;2H,1H3;;;;1H2;/q;;;;;;;;3*+1;;-1/p-2. The first-order valence-electron chi connectivity index (χ1n) is 34.8. The van der Waals surface area contributed by atoms with Crippen molar-refractivity contribution in [3.63, 3.8) is 0 Å². The molecule has 5 aromatic carbocycles. The Balaban J connectivity index is -0.000000267. The first kappa shape index (κ1) is 129. The van der Waals surface area contributed by atoms with Crippen LogP contribution in [0.2, 0.25) is 0 Å². The van der Waals surface area contributed by atoms with Gasteiger partial charge < -0.3 is 137 Å². The van der Waals surface area contributed by atoms with Gasteiger partial charge in [0.25, 0.3) is 18.3 Å². The fourth-order valence-corrected chi connectivity index (χ4v) is 9.37. The summed E-state index contributed by atoms with van der Waals surface area (Å²) in [7, 11) is 1.00. The number of carboxylic acids is 1. The van der Waals surface area contributed by atoms with Gasteiger partial charge in [0.15, 0.2) is 28.0 Å². The Bertz CT molecular complexity index is 3880. The molecule has 15 N–H and O–H groups in total. The molecular weight excluding hydrogens is 1810 g/mol. The Labute approximate surface area is 836 Å². The number of aryl methyl sites for hydroxylation is 1. The molecule has 0 aromatic heterocycles. The van der Waals surface area contributed by atoms with Crippen molar-refractivity contribution in [2.45, 2.75) is 54.2 Å². The van der Waals surface area contributed by atoms with E-state index in [9.17, 15) is 55.1 Å². The first-order valence-corrected chi connectivity index (χ1v) is 38.3. The van der Waals surface area contributed by atoms with Crippen LogP contribution in [0.15, 0.2) is 121 Å². The van der Waals surface area contributed by atoms with Gasteiger partial charge in [-0.1, -0.05) is 36.4 Å². The molecule has 0 saturated carbocycles. The molecule has 1 aliphatic rings. The predicted molar refractivity (Wildman–Crippen MR) is 422 cm³/mol. The van der Waals surface area contributed by atoms with E-state index in [0.717, 1.165) is 59.9 Å². The number of aromatic carboxylic acids is 1. The molecule has 0 radical (unpaired) electrons. The molecule has 0 spiro atoms. The van der Waals surface area contributed by atoms with Gasteiger partial charge in [-0.15, -0.1) is 0 Å². The zero-order valence-electron chi connectivity index (χ0n) is 69.1. The van der Waals surface area contributed by atoms with E-state index in [-0.39, 0.29) is 274 Å². The molecule has 38 nitrogen and oxygen atoms in total. The Kier molecular flexibility index (Phi) is 87.1. The van der Waals surface area contributed by atoms with Gasteiger partial charge in [-0.25, -0.2) is 9.59 Å². The van der Waals surface area contributed by atoms with Crippen LogP contribution in [-0.4, -0.2) is 271 Å². The quantitative estimate of drug-likeness (QED) is 0.00200.